The number of aliphatic hydroxyl groups is 2. The van der Waals surface area contributed by atoms with Crippen LogP contribution in [0, 0.1) is 18.4 Å². The van der Waals surface area contributed by atoms with Gasteiger partial charge < -0.3 is 20.7 Å². The van der Waals surface area contributed by atoms with Gasteiger partial charge in [0.2, 0.25) is 0 Å². The zero-order valence-electron chi connectivity index (χ0n) is 10.8. The molecule has 3 rings (SSSR count). The summed E-state index contributed by atoms with van der Waals surface area (Å²) in [5.74, 6) is 2.16. The van der Waals surface area contributed by atoms with Crippen LogP contribution in [0.3, 0.4) is 0 Å². The summed E-state index contributed by atoms with van der Waals surface area (Å²) in [7, 11) is 0. The van der Waals surface area contributed by atoms with Gasteiger partial charge in [-0.15, -0.1) is 6.42 Å². The molecule has 0 bridgehead atoms. The van der Waals surface area contributed by atoms with Gasteiger partial charge in [0.1, 0.15) is 12.3 Å². The maximum Gasteiger partial charge on any atom is 0.312 e. The first-order valence-corrected chi connectivity index (χ1v) is 6.11. The molecule has 0 aromatic carbocycles. The number of fused-ring (bicyclic) bond motifs is 1. The van der Waals surface area contributed by atoms with Gasteiger partial charge in [-0.1, -0.05) is 5.92 Å². The van der Waals surface area contributed by atoms with Crippen LogP contribution in [-0.2, 0) is 4.74 Å². The van der Waals surface area contributed by atoms with Crippen molar-refractivity contribution in [2.24, 2.45) is 0 Å². The fourth-order valence-electron chi connectivity index (χ4n) is 2.36. The Balaban J connectivity index is 2.05. The molecule has 1 aliphatic heterocycles. The second-order valence-electron chi connectivity index (χ2n) is 4.72. The highest BCUT2D eigenvalue weighted by atomic mass is 19.1. The van der Waals surface area contributed by atoms with Crippen molar-refractivity contribution in [1.82, 2.24) is 19.5 Å². The van der Waals surface area contributed by atoms with E-state index in [1.807, 2.05) is 0 Å². The summed E-state index contributed by atoms with van der Waals surface area (Å²) in [5.41, 5.74) is 4.42. The molecular weight excluding hydrogens is 281 g/mol. The third-order valence-corrected chi connectivity index (χ3v) is 3.52. The summed E-state index contributed by atoms with van der Waals surface area (Å²) >= 11 is 0. The van der Waals surface area contributed by atoms with Gasteiger partial charge in [0, 0.05) is 6.42 Å². The van der Waals surface area contributed by atoms with Crippen molar-refractivity contribution in [2.45, 2.75) is 24.4 Å². The average molecular weight is 293 g/mol. The molecule has 4 N–H and O–H groups in total. The number of terminal acetylenes is 1. The number of aliphatic hydroxyl groups excluding tert-OH is 2. The molecule has 0 radical (unpaired) electrons. The summed E-state index contributed by atoms with van der Waals surface area (Å²) in [6.07, 6.45) is 3.95. The smallest absolute Gasteiger partial charge is 0.312 e. The minimum atomic E-state index is -1.50. The van der Waals surface area contributed by atoms with Crippen molar-refractivity contribution < 1.29 is 19.3 Å². The van der Waals surface area contributed by atoms with Crippen molar-refractivity contribution in [3.8, 4) is 12.3 Å². The Labute approximate surface area is 118 Å². The molecular formula is C12H12FN5O3. The van der Waals surface area contributed by atoms with E-state index >= 15 is 0 Å². The lowest BCUT2D eigenvalue weighted by Crippen LogP contribution is -2.41. The quantitative estimate of drug-likeness (QED) is 0.489. The fraction of sp³-hybridized carbons (Fsp3) is 0.417. The van der Waals surface area contributed by atoms with Crippen molar-refractivity contribution >= 4 is 17.0 Å². The van der Waals surface area contributed by atoms with Gasteiger partial charge in [-0.05, 0) is 0 Å². The molecule has 1 fully saturated rings. The molecule has 0 amide bonds. The topological polar surface area (TPSA) is 119 Å². The molecule has 3 atom stereocenters. The van der Waals surface area contributed by atoms with Crippen LogP contribution < -0.4 is 5.73 Å². The number of nitrogen functional groups attached to an aromatic ring is 1. The number of anilines is 1. The Morgan fingerprint density at radius 3 is 3.00 bits per heavy atom. The molecule has 0 saturated carbocycles. The molecule has 8 nitrogen and oxygen atoms in total. The molecule has 110 valence electrons. The Bertz CT molecular complexity index is 742. The molecule has 3 heterocycles. The summed E-state index contributed by atoms with van der Waals surface area (Å²) < 4.78 is 20.2. The Kier molecular flexibility index (Phi) is 3.02. The molecule has 0 aliphatic carbocycles. The molecule has 1 aliphatic rings. The minimum absolute atomic E-state index is 0.0971. The monoisotopic (exact) mass is 293 g/mol. The van der Waals surface area contributed by atoms with Crippen LogP contribution in [0.5, 0.6) is 0 Å². The minimum Gasteiger partial charge on any atom is -0.392 e. The van der Waals surface area contributed by atoms with Gasteiger partial charge in [-0.2, -0.15) is 14.4 Å². The maximum absolute atomic E-state index is 13.3. The molecule has 9 heteroatoms. The standard InChI is InChI=1S/C12H12FN5O3/c1-2-12(4-19)6(20)3-7(21-12)18-5-15-8-9(14)16-11(13)17-10(8)18/h1,5-7,19-20H,3-4H2,(H2,14,16,17)/t6-,7?,12?/m1/s1. The van der Waals surface area contributed by atoms with Gasteiger partial charge in [0.15, 0.2) is 22.6 Å². The van der Waals surface area contributed by atoms with E-state index in [2.05, 4.69) is 20.9 Å². The molecule has 0 spiro atoms. The highest BCUT2D eigenvalue weighted by molar-refractivity contribution is 5.81. The van der Waals surface area contributed by atoms with Crippen molar-refractivity contribution in [1.29, 1.82) is 0 Å². The Morgan fingerprint density at radius 2 is 2.38 bits per heavy atom. The van der Waals surface area contributed by atoms with Gasteiger partial charge in [0.05, 0.1) is 12.9 Å². The second kappa shape index (κ2) is 4.63. The molecule has 21 heavy (non-hydrogen) atoms. The van der Waals surface area contributed by atoms with Crippen LogP contribution in [0.2, 0.25) is 0 Å². The van der Waals surface area contributed by atoms with Crippen LogP contribution in [-0.4, -0.2) is 48.0 Å². The van der Waals surface area contributed by atoms with E-state index in [0.717, 1.165) is 0 Å². The summed E-state index contributed by atoms with van der Waals surface area (Å²) in [6, 6.07) is 0. The zero-order valence-corrected chi connectivity index (χ0v) is 10.8. The van der Waals surface area contributed by atoms with Crippen molar-refractivity contribution in [2.75, 3.05) is 12.3 Å². The lowest BCUT2D eigenvalue weighted by atomic mass is 9.99. The number of hydrogen-bond acceptors (Lipinski definition) is 7. The van der Waals surface area contributed by atoms with E-state index < -0.39 is 30.6 Å². The highest BCUT2D eigenvalue weighted by Crippen LogP contribution is 2.37. The lowest BCUT2D eigenvalue weighted by Gasteiger charge is -2.23. The first kappa shape index (κ1) is 13.7. The highest BCUT2D eigenvalue weighted by Gasteiger charge is 2.47. The van der Waals surface area contributed by atoms with Crippen LogP contribution >= 0.6 is 0 Å². The predicted molar refractivity (Wildman–Crippen MR) is 69.1 cm³/mol. The van der Waals surface area contributed by atoms with Crippen molar-refractivity contribution in [3.05, 3.63) is 12.4 Å². The third-order valence-electron chi connectivity index (χ3n) is 3.52. The fourth-order valence-corrected chi connectivity index (χ4v) is 2.36. The van der Waals surface area contributed by atoms with Gasteiger partial charge in [0.25, 0.3) is 0 Å². The second-order valence-corrected chi connectivity index (χ2v) is 4.72. The number of imidazole rings is 1. The van der Waals surface area contributed by atoms with Crippen LogP contribution in [0.1, 0.15) is 12.6 Å². The summed E-state index contributed by atoms with van der Waals surface area (Å²) in [5, 5.41) is 19.3. The molecule has 2 aromatic rings. The number of aromatic nitrogens is 4. The van der Waals surface area contributed by atoms with E-state index in [-0.39, 0.29) is 23.4 Å². The zero-order chi connectivity index (χ0) is 15.2. The van der Waals surface area contributed by atoms with E-state index in [1.54, 1.807) is 0 Å². The third kappa shape index (κ3) is 1.92. The van der Waals surface area contributed by atoms with Crippen LogP contribution in [0.25, 0.3) is 11.2 Å². The lowest BCUT2D eigenvalue weighted by molar-refractivity contribution is -0.0891. The number of hydrogen-bond donors (Lipinski definition) is 3. The average Bonchev–Trinajstić information content (AvgIpc) is 3.00. The van der Waals surface area contributed by atoms with Gasteiger partial charge in [-0.25, -0.2) is 4.98 Å². The number of halogens is 1. The maximum atomic E-state index is 13.3. The molecule has 2 unspecified atom stereocenters. The first-order valence-electron chi connectivity index (χ1n) is 6.11. The van der Waals surface area contributed by atoms with E-state index in [4.69, 9.17) is 16.9 Å². The summed E-state index contributed by atoms with van der Waals surface area (Å²) in [6.45, 7) is -0.542. The normalized spacial score (nSPS) is 28.9. The van der Waals surface area contributed by atoms with E-state index in [9.17, 15) is 14.6 Å². The van der Waals surface area contributed by atoms with Crippen LogP contribution in [0.15, 0.2) is 6.33 Å². The molecule has 2 aromatic heterocycles. The molecule has 1 saturated heterocycles. The number of nitrogens with two attached hydrogens (primary N) is 1. The van der Waals surface area contributed by atoms with E-state index in [0.29, 0.717) is 0 Å². The van der Waals surface area contributed by atoms with E-state index in [1.165, 1.54) is 10.9 Å². The Morgan fingerprint density at radius 1 is 1.62 bits per heavy atom. The SMILES string of the molecule is C#CC1(CO)OC(n2cnc3c(N)nc(F)nc32)C[C@H]1O. The number of ether oxygens (including phenoxy) is 1. The number of nitrogens with zero attached hydrogens (tertiary/aromatic N) is 4. The van der Waals surface area contributed by atoms with Crippen molar-refractivity contribution in [3.63, 3.8) is 0 Å². The summed E-state index contributed by atoms with van der Waals surface area (Å²) in [4.78, 5) is 11.0. The van der Waals surface area contributed by atoms with Gasteiger partial charge >= 0.3 is 6.08 Å². The first-order chi connectivity index (χ1) is 10.0. The predicted octanol–water partition coefficient (Wildman–Crippen LogP) is -0.808. The number of rotatable bonds is 2. The van der Waals surface area contributed by atoms with Gasteiger partial charge in [-0.3, -0.25) is 4.57 Å². The Hall–Kier alpha value is -2.28. The van der Waals surface area contributed by atoms with Crippen LogP contribution in [0.4, 0.5) is 10.2 Å². The largest absolute Gasteiger partial charge is 0.392 e.